The maximum Gasteiger partial charge on any atom is 0.339 e. The first-order chi connectivity index (χ1) is 12.4. The van der Waals surface area contributed by atoms with E-state index in [-0.39, 0.29) is 17.6 Å². The van der Waals surface area contributed by atoms with Crippen LogP contribution in [0.25, 0.3) is 0 Å². The topological polar surface area (TPSA) is 129 Å². The number of ether oxygens (including phenoxy) is 1. The van der Waals surface area contributed by atoms with Crippen LogP contribution in [0.2, 0.25) is 0 Å². The summed E-state index contributed by atoms with van der Waals surface area (Å²) in [5.74, 6) is -2.02. The van der Waals surface area contributed by atoms with E-state index in [9.17, 15) is 14.4 Å². The molecule has 138 valence electrons. The SMILES string of the molecule is COC(=O)c1ccccc1N/C=C(/C#N)C(=O)NC(CCSC)C(=O)O. The molecule has 0 spiro atoms. The van der Waals surface area contributed by atoms with Gasteiger partial charge in [0.2, 0.25) is 0 Å². The molecule has 0 aromatic heterocycles. The van der Waals surface area contributed by atoms with E-state index in [1.165, 1.54) is 24.9 Å². The van der Waals surface area contributed by atoms with Crippen LogP contribution >= 0.6 is 11.8 Å². The van der Waals surface area contributed by atoms with Crippen LogP contribution in [0.1, 0.15) is 16.8 Å². The zero-order valence-corrected chi connectivity index (χ0v) is 15.1. The van der Waals surface area contributed by atoms with Crippen LogP contribution in [0.5, 0.6) is 0 Å². The van der Waals surface area contributed by atoms with Crippen LogP contribution in [0.3, 0.4) is 0 Å². The summed E-state index contributed by atoms with van der Waals surface area (Å²) >= 11 is 1.45. The number of para-hydroxylation sites is 1. The predicted octanol–water partition coefficient (Wildman–Crippen LogP) is 1.62. The smallest absolute Gasteiger partial charge is 0.339 e. The van der Waals surface area contributed by atoms with Crippen LogP contribution in [-0.2, 0) is 14.3 Å². The van der Waals surface area contributed by atoms with E-state index >= 15 is 0 Å². The van der Waals surface area contributed by atoms with Gasteiger partial charge >= 0.3 is 11.9 Å². The predicted molar refractivity (Wildman–Crippen MR) is 97.7 cm³/mol. The maximum absolute atomic E-state index is 12.1. The van der Waals surface area contributed by atoms with Gasteiger partial charge in [0.15, 0.2) is 0 Å². The molecule has 1 amide bonds. The number of benzene rings is 1. The van der Waals surface area contributed by atoms with Crippen LogP contribution in [0.15, 0.2) is 36.0 Å². The standard InChI is InChI=1S/C17H19N3O5S/c1-25-17(24)12-5-3-4-6-13(12)19-10-11(9-18)15(21)20-14(16(22)23)7-8-26-2/h3-6,10,14,19H,7-8H2,1-2H3,(H,20,21)(H,22,23)/b11-10-. The van der Waals surface area contributed by atoms with Crippen molar-refractivity contribution in [3.63, 3.8) is 0 Å². The zero-order valence-electron chi connectivity index (χ0n) is 14.3. The lowest BCUT2D eigenvalue weighted by Gasteiger charge is -2.13. The molecule has 9 heteroatoms. The first kappa shape index (κ1) is 21.1. The van der Waals surface area contributed by atoms with E-state index in [0.717, 1.165) is 6.20 Å². The Hall–Kier alpha value is -2.99. The van der Waals surface area contributed by atoms with Crippen molar-refractivity contribution in [2.75, 3.05) is 24.4 Å². The van der Waals surface area contributed by atoms with Crippen molar-refractivity contribution in [1.29, 1.82) is 5.26 Å². The van der Waals surface area contributed by atoms with Gasteiger partial charge in [0.25, 0.3) is 5.91 Å². The minimum atomic E-state index is -1.17. The number of hydrogen-bond acceptors (Lipinski definition) is 7. The van der Waals surface area contributed by atoms with Gasteiger partial charge in [0.05, 0.1) is 18.4 Å². The van der Waals surface area contributed by atoms with Crippen molar-refractivity contribution in [2.45, 2.75) is 12.5 Å². The third-order valence-electron chi connectivity index (χ3n) is 3.28. The fraction of sp³-hybridized carbons (Fsp3) is 0.294. The number of carboxylic acid groups (broad SMARTS) is 1. The number of carbonyl (C=O) groups is 3. The number of nitrogens with one attached hydrogen (secondary N) is 2. The van der Waals surface area contributed by atoms with Gasteiger partial charge in [-0.2, -0.15) is 17.0 Å². The molecule has 1 aromatic rings. The molecule has 0 fully saturated rings. The van der Waals surface area contributed by atoms with Gasteiger partial charge in [-0.05, 0) is 30.6 Å². The molecule has 0 aliphatic carbocycles. The Labute approximate surface area is 155 Å². The molecule has 0 saturated heterocycles. The van der Waals surface area contributed by atoms with Crippen molar-refractivity contribution in [2.24, 2.45) is 0 Å². The summed E-state index contributed by atoms with van der Waals surface area (Å²) in [6.07, 6.45) is 3.17. The summed E-state index contributed by atoms with van der Waals surface area (Å²) < 4.78 is 4.66. The lowest BCUT2D eigenvalue weighted by atomic mass is 10.1. The van der Waals surface area contributed by atoms with E-state index in [2.05, 4.69) is 15.4 Å². The van der Waals surface area contributed by atoms with Crippen LogP contribution < -0.4 is 10.6 Å². The Morgan fingerprint density at radius 3 is 2.65 bits per heavy atom. The Bertz CT molecular complexity index is 742. The van der Waals surface area contributed by atoms with Crippen molar-refractivity contribution in [3.8, 4) is 6.07 Å². The van der Waals surface area contributed by atoms with Gasteiger partial charge in [-0.15, -0.1) is 0 Å². The van der Waals surface area contributed by atoms with E-state index in [1.54, 1.807) is 24.3 Å². The normalized spacial score (nSPS) is 11.8. The molecule has 0 radical (unpaired) electrons. The van der Waals surface area contributed by atoms with Crippen molar-refractivity contribution < 1.29 is 24.2 Å². The van der Waals surface area contributed by atoms with E-state index < -0.39 is 23.9 Å². The molecular formula is C17H19N3O5S. The number of hydrogen-bond donors (Lipinski definition) is 3. The number of rotatable bonds is 9. The van der Waals surface area contributed by atoms with Gasteiger partial charge in [0, 0.05) is 6.20 Å². The molecule has 0 aliphatic rings. The van der Waals surface area contributed by atoms with E-state index in [0.29, 0.717) is 11.4 Å². The average molecular weight is 377 g/mol. The molecule has 1 unspecified atom stereocenters. The second kappa shape index (κ2) is 10.8. The average Bonchev–Trinajstić information content (AvgIpc) is 2.64. The van der Waals surface area contributed by atoms with Crippen molar-refractivity contribution in [3.05, 3.63) is 41.6 Å². The van der Waals surface area contributed by atoms with Crippen LogP contribution in [0.4, 0.5) is 5.69 Å². The molecule has 0 heterocycles. The number of nitriles is 1. The first-order valence-electron chi connectivity index (χ1n) is 7.51. The van der Waals surface area contributed by atoms with Gasteiger partial charge in [-0.1, -0.05) is 12.1 Å². The monoisotopic (exact) mass is 377 g/mol. The highest BCUT2D eigenvalue weighted by Gasteiger charge is 2.21. The second-order valence-electron chi connectivity index (χ2n) is 5.00. The first-order valence-corrected chi connectivity index (χ1v) is 8.90. The quantitative estimate of drug-likeness (QED) is 0.336. The van der Waals surface area contributed by atoms with E-state index in [1.807, 2.05) is 6.26 Å². The number of esters is 1. The fourth-order valence-electron chi connectivity index (χ4n) is 1.92. The molecule has 0 bridgehead atoms. The molecule has 0 saturated carbocycles. The maximum atomic E-state index is 12.1. The number of thioether (sulfide) groups is 1. The summed E-state index contributed by atoms with van der Waals surface area (Å²) in [5.41, 5.74) is 0.254. The number of amides is 1. The third kappa shape index (κ3) is 6.14. The molecule has 1 atom stereocenters. The molecule has 3 N–H and O–H groups in total. The number of anilines is 1. The minimum absolute atomic E-state index is 0.229. The molecule has 0 aliphatic heterocycles. The van der Waals surface area contributed by atoms with Crippen molar-refractivity contribution >= 4 is 35.3 Å². The highest BCUT2D eigenvalue weighted by molar-refractivity contribution is 7.98. The number of methoxy groups -OCH3 is 1. The summed E-state index contributed by atoms with van der Waals surface area (Å²) in [7, 11) is 1.24. The Balaban J connectivity index is 2.92. The zero-order chi connectivity index (χ0) is 19.5. The number of carbonyl (C=O) groups excluding carboxylic acids is 2. The Morgan fingerprint density at radius 1 is 1.38 bits per heavy atom. The third-order valence-corrected chi connectivity index (χ3v) is 3.93. The molecule has 1 aromatic carbocycles. The lowest BCUT2D eigenvalue weighted by molar-refractivity contribution is -0.141. The van der Waals surface area contributed by atoms with Crippen molar-refractivity contribution in [1.82, 2.24) is 5.32 Å². The van der Waals surface area contributed by atoms with Gasteiger partial charge in [-0.3, -0.25) is 4.79 Å². The van der Waals surface area contributed by atoms with Gasteiger partial charge in [-0.25, -0.2) is 9.59 Å². The largest absolute Gasteiger partial charge is 0.480 e. The lowest BCUT2D eigenvalue weighted by Crippen LogP contribution is -2.41. The number of aliphatic carboxylic acids is 1. The number of nitrogens with zero attached hydrogens (tertiary/aromatic N) is 1. The Kier molecular flexibility index (Phi) is 8.74. The summed E-state index contributed by atoms with van der Waals surface area (Å²) in [5, 5.41) is 23.3. The summed E-state index contributed by atoms with van der Waals surface area (Å²) in [6, 6.07) is 7.03. The summed E-state index contributed by atoms with van der Waals surface area (Å²) in [4.78, 5) is 35.0. The van der Waals surface area contributed by atoms with Gasteiger partial charge in [0.1, 0.15) is 17.7 Å². The minimum Gasteiger partial charge on any atom is -0.480 e. The molecule has 26 heavy (non-hydrogen) atoms. The number of carboxylic acids is 1. The Morgan fingerprint density at radius 2 is 2.08 bits per heavy atom. The summed E-state index contributed by atoms with van der Waals surface area (Å²) in [6.45, 7) is 0. The fourth-order valence-corrected chi connectivity index (χ4v) is 2.40. The van der Waals surface area contributed by atoms with E-state index in [4.69, 9.17) is 10.4 Å². The highest BCUT2D eigenvalue weighted by Crippen LogP contribution is 2.16. The van der Waals surface area contributed by atoms with Crippen LogP contribution in [-0.4, -0.2) is 48.1 Å². The highest BCUT2D eigenvalue weighted by atomic mass is 32.2. The molecular weight excluding hydrogens is 358 g/mol. The van der Waals surface area contributed by atoms with Crippen LogP contribution in [0, 0.1) is 11.3 Å². The second-order valence-corrected chi connectivity index (χ2v) is 5.98. The van der Waals surface area contributed by atoms with Gasteiger partial charge < -0.3 is 20.5 Å². The molecule has 1 rings (SSSR count). The molecule has 8 nitrogen and oxygen atoms in total.